The van der Waals surface area contributed by atoms with E-state index in [1.807, 2.05) is 6.07 Å². The molecule has 2 heterocycles. The van der Waals surface area contributed by atoms with Gasteiger partial charge < -0.3 is 0 Å². The van der Waals surface area contributed by atoms with Crippen LogP contribution in [0.25, 0.3) is 0 Å². The molecule has 6 atom stereocenters. The van der Waals surface area contributed by atoms with E-state index >= 15 is 0 Å². The molecule has 6 unspecified atom stereocenters. The Bertz CT molecular complexity index is 618. The van der Waals surface area contributed by atoms with Crippen LogP contribution in [0.1, 0.15) is 6.42 Å². The third-order valence-electron chi connectivity index (χ3n) is 5.54. The van der Waals surface area contributed by atoms with Gasteiger partial charge in [-0.25, -0.2) is 9.88 Å². The lowest BCUT2D eigenvalue weighted by Gasteiger charge is -2.37. The summed E-state index contributed by atoms with van der Waals surface area (Å²) in [6, 6.07) is 5.35. The minimum Gasteiger partial charge on any atom is -0.274 e. The monoisotopic (exact) mass is 266 g/mol. The molecule has 0 radical (unpaired) electrons. The Balaban J connectivity index is 1.61. The van der Waals surface area contributed by atoms with Gasteiger partial charge in [0, 0.05) is 6.20 Å². The zero-order chi connectivity index (χ0) is 13.4. The topological polar surface area (TPSA) is 50.3 Å². The number of hydrogen-bond donors (Lipinski definition) is 0. The molecule has 4 heteroatoms. The van der Waals surface area contributed by atoms with E-state index in [2.05, 4.69) is 17.1 Å². The molecule has 2 amide bonds. The second-order valence-electron chi connectivity index (χ2n) is 6.35. The highest BCUT2D eigenvalue weighted by molar-refractivity contribution is 6.22. The molecule has 1 aromatic heterocycles. The maximum Gasteiger partial charge on any atom is 0.239 e. The molecule has 20 heavy (non-hydrogen) atoms. The number of pyridine rings is 1. The quantitative estimate of drug-likeness (QED) is 0.573. The van der Waals surface area contributed by atoms with Crippen LogP contribution < -0.4 is 4.90 Å². The first-order chi connectivity index (χ1) is 9.77. The fourth-order valence-corrected chi connectivity index (χ4v) is 4.67. The van der Waals surface area contributed by atoms with Gasteiger partial charge in [-0.2, -0.15) is 0 Å². The fourth-order valence-electron chi connectivity index (χ4n) is 4.67. The molecule has 0 N–H and O–H groups in total. The first-order valence-corrected chi connectivity index (χ1v) is 7.24. The van der Waals surface area contributed by atoms with E-state index < -0.39 is 0 Å². The normalized spacial score (nSPS) is 43.7. The molecule has 4 nitrogen and oxygen atoms in total. The van der Waals surface area contributed by atoms with Crippen molar-refractivity contribution in [2.75, 3.05) is 4.90 Å². The van der Waals surface area contributed by atoms with E-state index in [9.17, 15) is 9.59 Å². The van der Waals surface area contributed by atoms with Crippen LogP contribution in [0.3, 0.4) is 0 Å². The molecule has 1 aromatic rings. The van der Waals surface area contributed by atoms with Crippen LogP contribution in [0.15, 0.2) is 36.5 Å². The van der Waals surface area contributed by atoms with Gasteiger partial charge in [0.25, 0.3) is 0 Å². The van der Waals surface area contributed by atoms with Crippen LogP contribution in [0.5, 0.6) is 0 Å². The number of imide groups is 1. The van der Waals surface area contributed by atoms with Gasteiger partial charge in [-0.3, -0.25) is 9.59 Å². The van der Waals surface area contributed by atoms with Gasteiger partial charge in [0.2, 0.25) is 11.8 Å². The standard InChI is InChI=1S/C16H14N2O2/c19-15-13-8-4-5-9(11-7-10(8)11)14(13)16(20)18(15)12-3-1-2-6-17-12/h1-6,8-11,13-14H,7H2. The maximum atomic E-state index is 12.7. The molecule has 4 aliphatic carbocycles. The summed E-state index contributed by atoms with van der Waals surface area (Å²) in [6.45, 7) is 0. The minimum absolute atomic E-state index is 0.0385. The summed E-state index contributed by atoms with van der Waals surface area (Å²) in [4.78, 5) is 31.0. The van der Waals surface area contributed by atoms with Gasteiger partial charge >= 0.3 is 0 Å². The summed E-state index contributed by atoms with van der Waals surface area (Å²) in [5.41, 5.74) is 0. The average Bonchev–Trinajstić information content (AvgIpc) is 3.25. The van der Waals surface area contributed by atoms with Crippen LogP contribution >= 0.6 is 0 Å². The Morgan fingerprint density at radius 2 is 1.65 bits per heavy atom. The summed E-state index contributed by atoms with van der Waals surface area (Å²) in [7, 11) is 0. The van der Waals surface area contributed by atoms with Crippen molar-refractivity contribution in [3.05, 3.63) is 36.5 Å². The molecule has 3 fully saturated rings. The molecule has 1 aliphatic heterocycles. The second-order valence-corrected chi connectivity index (χ2v) is 6.35. The highest BCUT2D eigenvalue weighted by Gasteiger charge is 2.67. The first kappa shape index (κ1) is 10.8. The lowest BCUT2D eigenvalue weighted by atomic mass is 9.63. The van der Waals surface area contributed by atoms with Crippen molar-refractivity contribution in [2.24, 2.45) is 35.5 Å². The number of carbonyl (C=O) groups is 2. The van der Waals surface area contributed by atoms with E-state index in [1.54, 1.807) is 18.3 Å². The van der Waals surface area contributed by atoms with E-state index in [1.165, 1.54) is 11.3 Å². The highest BCUT2D eigenvalue weighted by atomic mass is 16.2. The SMILES string of the molecule is O=C1C2C3C=CC(C4CC34)C2C(=O)N1c1ccccn1. The number of anilines is 1. The molecular weight excluding hydrogens is 252 g/mol. The molecule has 0 aromatic carbocycles. The molecule has 1 saturated heterocycles. The Hall–Kier alpha value is -1.97. The maximum absolute atomic E-state index is 12.7. The van der Waals surface area contributed by atoms with Crippen LogP contribution in [0, 0.1) is 35.5 Å². The first-order valence-electron chi connectivity index (χ1n) is 7.24. The molecule has 100 valence electrons. The van der Waals surface area contributed by atoms with Crippen molar-refractivity contribution >= 4 is 17.6 Å². The fraction of sp³-hybridized carbons (Fsp3) is 0.438. The van der Waals surface area contributed by atoms with Gasteiger partial charge in [0.1, 0.15) is 5.82 Å². The van der Waals surface area contributed by atoms with Crippen LogP contribution in [0.4, 0.5) is 5.82 Å². The number of nitrogens with zero attached hydrogens (tertiary/aromatic N) is 2. The predicted molar refractivity (Wildman–Crippen MR) is 71.4 cm³/mol. The number of allylic oxidation sites excluding steroid dienone is 2. The van der Waals surface area contributed by atoms with Crippen molar-refractivity contribution in [3.63, 3.8) is 0 Å². The third-order valence-corrected chi connectivity index (χ3v) is 5.54. The van der Waals surface area contributed by atoms with Gasteiger partial charge in [-0.1, -0.05) is 18.2 Å². The lowest BCUT2D eigenvalue weighted by molar-refractivity contribution is -0.124. The van der Waals surface area contributed by atoms with Gasteiger partial charge in [-0.15, -0.1) is 0 Å². The van der Waals surface area contributed by atoms with E-state index in [0.29, 0.717) is 17.7 Å². The smallest absolute Gasteiger partial charge is 0.239 e. The van der Waals surface area contributed by atoms with E-state index in [-0.39, 0.29) is 35.5 Å². The molecule has 5 aliphatic rings. The molecule has 2 saturated carbocycles. The predicted octanol–water partition coefficient (Wildman–Crippen LogP) is 1.64. The van der Waals surface area contributed by atoms with Crippen molar-refractivity contribution in [1.82, 2.24) is 4.98 Å². The number of carbonyl (C=O) groups excluding carboxylic acids is 2. The van der Waals surface area contributed by atoms with E-state index in [4.69, 9.17) is 0 Å². The van der Waals surface area contributed by atoms with Crippen LogP contribution in [-0.2, 0) is 9.59 Å². The van der Waals surface area contributed by atoms with Gasteiger partial charge in [0.05, 0.1) is 11.8 Å². The minimum atomic E-state index is -0.136. The summed E-state index contributed by atoms with van der Waals surface area (Å²) < 4.78 is 0. The van der Waals surface area contributed by atoms with Crippen molar-refractivity contribution < 1.29 is 9.59 Å². The number of hydrogen-bond acceptors (Lipinski definition) is 3. The molecule has 2 bridgehead atoms. The van der Waals surface area contributed by atoms with Gasteiger partial charge in [-0.05, 0) is 42.2 Å². The van der Waals surface area contributed by atoms with Crippen LogP contribution in [0.2, 0.25) is 0 Å². The summed E-state index contributed by atoms with van der Waals surface area (Å²) in [6.07, 6.45) is 7.20. The zero-order valence-corrected chi connectivity index (χ0v) is 10.8. The summed E-state index contributed by atoms with van der Waals surface area (Å²) in [5, 5.41) is 0. The summed E-state index contributed by atoms with van der Waals surface area (Å²) >= 11 is 0. The third kappa shape index (κ3) is 1.11. The molecule has 0 spiro atoms. The zero-order valence-electron chi connectivity index (χ0n) is 10.8. The average molecular weight is 266 g/mol. The number of rotatable bonds is 1. The Morgan fingerprint density at radius 1 is 1.00 bits per heavy atom. The van der Waals surface area contributed by atoms with Crippen molar-refractivity contribution in [3.8, 4) is 0 Å². The molecular formula is C16H14N2O2. The van der Waals surface area contributed by atoms with Gasteiger partial charge in [0.15, 0.2) is 0 Å². The summed E-state index contributed by atoms with van der Waals surface area (Å²) in [5.74, 6) is 1.97. The highest BCUT2D eigenvalue weighted by Crippen LogP contribution is 2.65. The molecule has 6 rings (SSSR count). The van der Waals surface area contributed by atoms with Crippen LogP contribution in [-0.4, -0.2) is 16.8 Å². The van der Waals surface area contributed by atoms with E-state index in [0.717, 1.165) is 0 Å². The Labute approximate surface area is 116 Å². The second kappa shape index (κ2) is 3.37. The lowest BCUT2D eigenvalue weighted by Crippen LogP contribution is -2.40. The number of amides is 2. The number of aromatic nitrogens is 1. The Morgan fingerprint density at radius 3 is 2.20 bits per heavy atom. The van der Waals surface area contributed by atoms with Crippen molar-refractivity contribution in [1.29, 1.82) is 0 Å². The largest absolute Gasteiger partial charge is 0.274 e. The Kier molecular flexibility index (Phi) is 1.82. The van der Waals surface area contributed by atoms with Crippen molar-refractivity contribution in [2.45, 2.75) is 6.42 Å².